The van der Waals surface area contributed by atoms with Crippen molar-refractivity contribution in [2.75, 3.05) is 6.07 Å². The van der Waals surface area contributed by atoms with Crippen LogP contribution in [-0.4, -0.2) is 24.5 Å². The van der Waals surface area contributed by atoms with Crippen LogP contribution in [0.3, 0.4) is 0 Å². The molecule has 0 N–H and O–H groups in total. The molecule has 0 spiro atoms. The number of alkyl halides is 9. The molecule has 0 rings (SSSR count). The van der Waals surface area contributed by atoms with Gasteiger partial charge in [0.05, 0.1) is 0 Å². The van der Waals surface area contributed by atoms with E-state index in [1.165, 1.54) is 0 Å². The summed E-state index contributed by atoms with van der Waals surface area (Å²) in [6.45, 7) is 0. The Morgan fingerprint density at radius 1 is 0.867 bits per heavy atom. The van der Waals surface area contributed by atoms with Gasteiger partial charge in [-0.2, -0.15) is 35.1 Å². The average molecular weight is 267 g/mol. The maximum absolute atomic E-state index is 12.3. The molecule has 0 aromatic carbocycles. The molecule has 0 saturated carbocycles. The van der Waals surface area contributed by atoms with E-state index in [2.05, 4.69) is 16.3 Å². The van der Waals surface area contributed by atoms with Gasteiger partial charge < -0.3 is 4.74 Å². The minimum absolute atomic E-state index is 1.49. The van der Waals surface area contributed by atoms with Crippen molar-refractivity contribution >= 4 is 11.6 Å². The fraction of sp³-hybridized carbons (Fsp3) is 1.00. The van der Waals surface area contributed by atoms with Gasteiger partial charge in [-0.25, -0.2) is 0 Å². The lowest BCUT2D eigenvalue weighted by Crippen LogP contribution is -2.50. The summed E-state index contributed by atoms with van der Waals surface area (Å²) in [5.74, 6) is -4.89. The summed E-state index contributed by atoms with van der Waals surface area (Å²) in [5.41, 5.74) is 0. The number of hydrogen-bond donors (Lipinski definition) is 0. The van der Waals surface area contributed by atoms with E-state index < -0.39 is 30.4 Å². The van der Waals surface area contributed by atoms with Crippen molar-refractivity contribution in [1.82, 2.24) is 0 Å². The first-order valence-electron chi connectivity index (χ1n) is 3.14. The predicted octanol–water partition coefficient (Wildman–Crippen LogP) is 3.53. The van der Waals surface area contributed by atoms with E-state index in [0.29, 0.717) is 0 Å². The van der Waals surface area contributed by atoms with Crippen molar-refractivity contribution in [2.24, 2.45) is 5.92 Å². The van der Waals surface area contributed by atoms with Gasteiger partial charge in [-0.15, -0.1) is 0 Å². The molecule has 0 unspecified atom stereocenters. The Kier molecular flexibility index (Phi) is 4.19. The molecule has 0 heterocycles. The van der Waals surface area contributed by atoms with E-state index in [4.69, 9.17) is 0 Å². The Morgan fingerprint density at radius 3 is 1.40 bits per heavy atom. The molecule has 0 fully saturated rings. The van der Waals surface area contributed by atoms with Crippen LogP contribution in [0.1, 0.15) is 0 Å². The van der Waals surface area contributed by atoms with E-state index in [1.54, 1.807) is 0 Å². The molecular formula is C5H3ClF8O. The first-order valence-corrected chi connectivity index (χ1v) is 3.67. The number of halogens is 9. The molecular weight excluding hydrogens is 263 g/mol. The summed E-state index contributed by atoms with van der Waals surface area (Å²) in [6, 6.07) is -1.49. The highest BCUT2D eigenvalue weighted by molar-refractivity contribution is 6.17. The zero-order chi connectivity index (χ0) is 12.5. The number of rotatable bonds is 3. The van der Waals surface area contributed by atoms with E-state index >= 15 is 0 Å². The van der Waals surface area contributed by atoms with Crippen molar-refractivity contribution in [2.45, 2.75) is 18.5 Å². The topological polar surface area (TPSA) is 9.23 Å². The Labute approximate surface area is 82.9 Å². The van der Waals surface area contributed by atoms with Gasteiger partial charge in [0.1, 0.15) is 6.07 Å². The van der Waals surface area contributed by atoms with E-state index in [-0.39, 0.29) is 0 Å². The van der Waals surface area contributed by atoms with E-state index in [1.807, 2.05) is 0 Å². The van der Waals surface area contributed by atoms with Crippen molar-refractivity contribution in [3.8, 4) is 0 Å². The van der Waals surface area contributed by atoms with Crippen LogP contribution in [-0.2, 0) is 4.74 Å². The fourth-order valence-electron chi connectivity index (χ4n) is 0.723. The van der Waals surface area contributed by atoms with E-state index in [0.717, 1.165) is 0 Å². The summed E-state index contributed by atoms with van der Waals surface area (Å²) in [4.78, 5) is 0. The van der Waals surface area contributed by atoms with Crippen molar-refractivity contribution in [1.29, 1.82) is 0 Å². The molecule has 0 aromatic heterocycles. The van der Waals surface area contributed by atoms with Crippen LogP contribution in [0.4, 0.5) is 35.1 Å². The first kappa shape index (κ1) is 14.7. The van der Waals surface area contributed by atoms with Gasteiger partial charge in [-0.05, 0) is 0 Å². The van der Waals surface area contributed by atoms with Crippen LogP contribution in [0.5, 0.6) is 0 Å². The molecule has 0 aliphatic rings. The van der Waals surface area contributed by atoms with Crippen LogP contribution in [0, 0.1) is 5.92 Å². The Morgan fingerprint density at radius 2 is 1.20 bits per heavy atom. The Balaban J connectivity index is 5.13. The van der Waals surface area contributed by atoms with Crippen LogP contribution < -0.4 is 0 Å². The largest absolute Gasteiger partial charge is 0.409 e. The maximum atomic E-state index is 12.3. The van der Waals surface area contributed by atoms with Crippen LogP contribution >= 0.6 is 11.6 Å². The molecule has 0 radical (unpaired) electrons. The molecule has 0 saturated heterocycles. The van der Waals surface area contributed by atoms with Gasteiger partial charge in [0.2, 0.25) is 5.92 Å². The monoisotopic (exact) mass is 266 g/mol. The molecule has 0 aliphatic heterocycles. The third-order valence-electron chi connectivity index (χ3n) is 1.24. The lowest BCUT2D eigenvalue weighted by atomic mass is 10.1. The molecule has 0 amide bonds. The highest BCUT2D eigenvalue weighted by Gasteiger charge is 2.69. The zero-order valence-electron chi connectivity index (χ0n) is 6.59. The molecule has 0 bridgehead atoms. The lowest BCUT2D eigenvalue weighted by molar-refractivity contribution is -0.395. The van der Waals surface area contributed by atoms with Gasteiger partial charge in [-0.3, -0.25) is 0 Å². The highest BCUT2D eigenvalue weighted by atomic mass is 35.5. The predicted molar refractivity (Wildman–Crippen MR) is 32.4 cm³/mol. The zero-order valence-corrected chi connectivity index (χ0v) is 7.35. The smallest absolute Gasteiger partial charge is 0.303 e. The molecule has 15 heavy (non-hydrogen) atoms. The third-order valence-corrected chi connectivity index (χ3v) is 1.35. The van der Waals surface area contributed by atoms with Gasteiger partial charge in [0.25, 0.3) is 0 Å². The second kappa shape index (κ2) is 4.28. The SMILES string of the molecule is FC(F)(F)C(C(F)(F)F)C(F)(F)OCCl. The summed E-state index contributed by atoms with van der Waals surface area (Å²) < 4.78 is 97.9. The summed E-state index contributed by atoms with van der Waals surface area (Å²) >= 11 is 4.49. The van der Waals surface area contributed by atoms with Gasteiger partial charge in [-0.1, -0.05) is 11.6 Å². The molecule has 10 heteroatoms. The normalized spacial score (nSPS) is 14.8. The maximum Gasteiger partial charge on any atom is 0.409 e. The summed E-state index contributed by atoms with van der Waals surface area (Å²) in [5, 5.41) is 0. The highest BCUT2D eigenvalue weighted by Crippen LogP contribution is 2.48. The molecule has 0 aliphatic carbocycles. The Bertz CT molecular complexity index is 194. The van der Waals surface area contributed by atoms with Crippen LogP contribution in [0.25, 0.3) is 0 Å². The van der Waals surface area contributed by atoms with Gasteiger partial charge in [0, 0.05) is 0 Å². The van der Waals surface area contributed by atoms with Gasteiger partial charge >= 0.3 is 18.5 Å². The second-order valence-electron chi connectivity index (χ2n) is 2.33. The number of ether oxygens (including phenoxy) is 1. The van der Waals surface area contributed by atoms with Crippen LogP contribution in [0.15, 0.2) is 0 Å². The van der Waals surface area contributed by atoms with Crippen molar-refractivity contribution in [3.63, 3.8) is 0 Å². The standard InChI is InChI=1S/C5H3ClF8O/c6-1-15-5(13,14)2(3(7,8)9)4(10,11)12/h2H,1H2. The van der Waals surface area contributed by atoms with Crippen LogP contribution in [0.2, 0.25) is 0 Å². The third kappa shape index (κ3) is 3.98. The van der Waals surface area contributed by atoms with Crippen molar-refractivity contribution in [3.05, 3.63) is 0 Å². The summed E-state index contributed by atoms with van der Waals surface area (Å²) in [6.07, 6.45) is -17.8. The van der Waals surface area contributed by atoms with Crippen molar-refractivity contribution < 1.29 is 39.9 Å². The van der Waals surface area contributed by atoms with E-state index in [9.17, 15) is 35.1 Å². The molecule has 0 atom stereocenters. The Hall–Kier alpha value is -0.310. The quantitative estimate of drug-likeness (QED) is 0.561. The lowest BCUT2D eigenvalue weighted by Gasteiger charge is -2.28. The fourth-order valence-corrected chi connectivity index (χ4v) is 0.868. The minimum Gasteiger partial charge on any atom is -0.303 e. The molecule has 0 aromatic rings. The second-order valence-corrected chi connectivity index (χ2v) is 2.55. The number of hydrogen-bond acceptors (Lipinski definition) is 1. The minimum atomic E-state index is -6.17. The van der Waals surface area contributed by atoms with Gasteiger partial charge in [0.15, 0.2) is 0 Å². The summed E-state index contributed by atoms with van der Waals surface area (Å²) in [7, 11) is 0. The molecule has 1 nitrogen and oxygen atoms in total. The molecule has 92 valence electrons. The first-order chi connectivity index (χ1) is 6.43. The average Bonchev–Trinajstić information content (AvgIpc) is 1.75.